The predicted molar refractivity (Wildman–Crippen MR) is 103 cm³/mol. The van der Waals surface area contributed by atoms with Gasteiger partial charge >= 0.3 is 6.09 Å². The summed E-state index contributed by atoms with van der Waals surface area (Å²) in [5.41, 5.74) is 1.63. The van der Waals surface area contributed by atoms with Gasteiger partial charge in [-0.25, -0.2) is 4.79 Å². The molecule has 1 unspecified atom stereocenters. The zero-order valence-electron chi connectivity index (χ0n) is 15.3. The Bertz CT molecular complexity index is 872. The maximum atomic E-state index is 12.4. The lowest BCUT2D eigenvalue weighted by molar-refractivity contribution is -0.123. The minimum absolute atomic E-state index is 0.0119. The Kier molecular flexibility index (Phi) is 7.97. The second kappa shape index (κ2) is 10.4. The molecule has 0 saturated carbocycles. The molecule has 0 aliphatic heterocycles. The molecule has 0 aliphatic rings. The predicted octanol–water partition coefficient (Wildman–Crippen LogP) is 1.57. The zero-order chi connectivity index (χ0) is 20.4. The van der Waals surface area contributed by atoms with Gasteiger partial charge in [0.15, 0.2) is 0 Å². The molecule has 0 fully saturated rings. The van der Waals surface area contributed by atoms with Crippen LogP contribution in [0.5, 0.6) is 0 Å². The van der Waals surface area contributed by atoms with Crippen LogP contribution >= 0.6 is 0 Å². The van der Waals surface area contributed by atoms with Gasteiger partial charge in [-0.1, -0.05) is 60.7 Å². The molecule has 0 aromatic heterocycles. The first-order valence-corrected chi connectivity index (χ1v) is 10.3. The summed E-state index contributed by atoms with van der Waals surface area (Å²) in [4.78, 5) is 24.4. The van der Waals surface area contributed by atoms with E-state index in [1.165, 1.54) is 0 Å². The van der Waals surface area contributed by atoms with Gasteiger partial charge in [0.05, 0.1) is 12.9 Å². The van der Waals surface area contributed by atoms with E-state index in [4.69, 9.17) is 4.74 Å². The van der Waals surface area contributed by atoms with E-state index < -0.39 is 34.8 Å². The van der Waals surface area contributed by atoms with E-state index in [1.54, 1.807) is 24.3 Å². The van der Waals surface area contributed by atoms with Gasteiger partial charge < -0.3 is 15.4 Å². The monoisotopic (exact) mass is 406 g/mol. The largest absolute Gasteiger partial charge is 0.445 e. The van der Waals surface area contributed by atoms with Crippen molar-refractivity contribution in [3.8, 4) is 0 Å². The molecule has 8 nitrogen and oxygen atoms in total. The third kappa shape index (κ3) is 8.19. The number of carbonyl (C=O) groups is 2. The fourth-order valence-corrected chi connectivity index (χ4v) is 2.57. The highest BCUT2D eigenvalue weighted by molar-refractivity contribution is 7.85. The van der Waals surface area contributed by atoms with Crippen LogP contribution < -0.4 is 10.6 Å². The maximum Gasteiger partial charge on any atom is 0.408 e. The van der Waals surface area contributed by atoms with Crippen molar-refractivity contribution in [2.45, 2.75) is 19.2 Å². The summed E-state index contributed by atoms with van der Waals surface area (Å²) in [5.74, 6) is -0.593. The lowest BCUT2D eigenvalue weighted by Crippen LogP contribution is -2.49. The van der Waals surface area contributed by atoms with Crippen LogP contribution in [0.25, 0.3) is 0 Å². The number of carbonyl (C=O) groups excluding carboxylic acids is 2. The Hall–Kier alpha value is -2.91. The third-order valence-corrected chi connectivity index (χ3v) is 4.14. The Morgan fingerprint density at radius 3 is 2.11 bits per heavy atom. The quantitative estimate of drug-likeness (QED) is 0.612. The van der Waals surface area contributed by atoms with E-state index in [1.807, 2.05) is 36.4 Å². The molecular formula is C19H22N2O6S. The van der Waals surface area contributed by atoms with Gasteiger partial charge in [0, 0.05) is 6.54 Å². The molecule has 0 heterocycles. The van der Waals surface area contributed by atoms with Gasteiger partial charge in [0.2, 0.25) is 5.91 Å². The second-order valence-corrected chi connectivity index (χ2v) is 7.59. The van der Waals surface area contributed by atoms with Crippen molar-refractivity contribution in [2.75, 3.05) is 12.9 Å². The topological polar surface area (TPSA) is 111 Å². The Morgan fingerprint density at radius 1 is 0.964 bits per heavy atom. The number of amides is 2. The molecular weight excluding hydrogens is 384 g/mol. The highest BCUT2D eigenvalue weighted by Crippen LogP contribution is 2.02. The fraction of sp³-hybridized carbons (Fsp3) is 0.263. The average molecular weight is 406 g/mol. The Labute approximate surface area is 164 Å². The van der Waals surface area contributed by atoms with Crippen molar-refractivity contribution in [3.63, 3.8) is 0 Å². The van der Waals surface area contributed by atoms with Crippen LogP contribution in [0.4, 0.5) is 4.79 Å². The van der Waals surface area contributed by atoms with Gasteiger partial charge in [-0.2, -0.15) is 8.42 Å². The number of benzene rings is 2. The first-order chi connectivity index (χ1) is 13.3. The molecule has 0 bridgehead atoms. The van der Waals surface area contributed by atoms with Gasteiger partial charge in [-0.3, -0.25) is 8.98 Å². The fourth-order valence-electron chi connectivity index (χ4n) is 2.19. The summed E-state index contributed by atoms with van der Waals surface area (Å²) in [7, 11) is -3.78. The molecule has 0 aliphatic carbocycles. The molecule has 2 N–H and O–H groups in total. The lowest BCUT2D eigenvalue weighted by Gasteiger charge is -2.18. The third-order valence-electron chi connectivity index (χ3n) is 3.58. The highest BCUT2D eigenvalue weighted by atomic mass is 32.2. The standard InChI is InChI=1S/C19H22N2O6S/c1-28(24,25)27-14-17(18(22)20-12-15-8-4-2-5-9-15)21-19(23)26-13-16-10-6-3-7-11-16/h2-11,17H,12-14H2,1H3,(H,20,22)(H,21,23). The minimum atomic E-state index is -3.78. The molecule has 0 radical (unpaired) electrons. The van der Waals surface area contributed by atoms with Crippen molar-refractivity contribution in [1.82, 2.24) is 10.6 Å². The molecule has 2 rings (SSSR count). The SMILES string of the molecule is CS(=O)(=O)OCC(NC(=O)OCc1ccccc1)C(=O)NCc1ccccc1. The van der Waals surface area contributed by atoms with E-state index in [9.17, 15) is 18.0 Å². The Balaban J connectivity index is 1.93. The number of hydrogen-bond donors (Lipinski definition) is 2. The number of nitrogens with one attached hydrogen (secondary N) is 2. The van der Waals surface area contributed by atoms with Gasteiger partial charge in [0.1, 0.15) is 12.6 Å². The molecule has 2 aromatic rings. The summed E-state index contributed by atoms with van der Waals surface area (Å²) < 4.78 is 32.2. The normalized spacial score (nSPS) is 12.0. The maximum absolute atomic E-state index is 12.4. The van der Waals surface area contributed by atoms with Crippen LogP contribution in [0.15, 0.2) is 60.7 Å². The minimum Gasteiger partial charge on any atom is -0.445 e. The number of alkyl carbamates (subject to hydrolysis) is 1. The molecule has 9 heteroatoms. The van der Waals surface area contributed by atoms with Crippen LogP contribution in [0.3, 0.4) is 0 Å². The zero-order valence-corrected chi connectivity index (χ0v) is 16.1. The van der Waals surface area contributed by atoms with Crippen LogP contribution in [0.1, 0.15) is 11.1 Å². The lowest BCUT2D eigenvalue weighted by atomic mass is 10.2. The van der Waals surface area contributed by atoms with Gasteiger partial charge in [-0.15, -0.1) is 0 Å². The molecule has 28 heavy (non-hydrogen) atoms. The first kappa shape index (κ1) is 21.4. The summed E-state index contributed by atoms with van der Waals surface area (Å²) in [6, 6.07) is 16.9. The summed E-state index contributed by atoms with van der Waals surface area (Å²) in [6.45, 7) is -0.312. The summed E-state index contributed by atoms with van der Waals surface area (Å²) in [6.07, 6.45) is 0.000416. The molecule has 0 spiro atoms. The van der Waals surface area contributed by atoms with Crippen molar-refractivity contribution in [2.24, 2.45) is 0 Å². The van der Waals surface area contributed by atoms with Gasteiger partial charge in [0.25, 0.3) is 10.1 Å². The molecule has 0 saturated heterocycles. The molecule has 150 valence electrons. The first-order valence-electron chi connectivity index (χ1n) is 8.47. The van der Waals surface area contributed by atoms with Crippen LogP contribution in [-0.2, 0) is 37.0 Å². The average Bonchev–Trinajstić information content (AvgIpc) is 2.68. The molecule has 1 atom stereocenters. The number of rotatable bonds is 9. The summed E-state index contributed by atoms with van der Waals surface area (Å²) >= 11 is 0. The van der Waals surface area contributed by atoms with E-state index >= 15 is 0 Å². The van der Waals surface area contributed by atoms with Crippen LogP contribution in [0.2, 0.25) is 0 Å². The van der Waals surface area contributed by atoms with E-state index in [2.05, 4.69) is 14.8 Å². The highest BCUT2D eigenvalue weighted by Gasteiger charge is 2.23. The second-order valence-electron chi connectivity index (χ2n) is 5.95. The smallest absolute Gasteiger partial charge is 0.408 e. The number of ether oxygens (including phenoxy) is 1. The Morgan fingerprint density at radius 2 is 1.54 bits per heavy atom. The van der Waals surface area contributed by atoms with Crippen LogP contribution in [0, 0.1) is 0 Å². The van der Waals surface area contributed by atoms with E-state index in [-0.39, 0.29) is 13.2 Å². The van der Waals surface area contributed by atoms with Gasteiger partial charge in [-0.05, 0) is 11.1 Å². The van der Waals surface area contributed by atoms with E-state index in [0.29, 0.717) is 0 Å². The van der Waals surface area contributed by atoms with Crippen molar-refractivity contribution >= 4 is 22.1 Å². The van der Waals surface area contributed by atoms with Crippen molar-refractivity contribution in [3.05, 3.63) is 71.8 Å². The number of hydrogen-bond acceptors (Lipinski definition) is 6. The summed E-state index contributed by atoms with van der Waals surface area (Å²) in [5, 5.41) is 4.96. The van der Waals surface area contributed by atoms with E-state index in [0.717, 1.165) is 17.4 Å². The molecule has 2 aromatic carbocycles. The van der Waals surface area contributed by atoms with Crippen LogP contribution in [-0.4, -0.2) is 39.3 Å². The van der Waals surface area contributed by atoms with Crippen molar-refractivity contribution < 1.29 is 26.9 Å². The molecule has 2 amide bonds. The van der Waals surface area contributed by atoms with Crippen molar-refractivity contribution in [1.29, 1.82) is 0 Å².